The predicted molar refractivity (Wildman–Crippen MR) is 222 cm³/mol. The Hall–Kier alpha value is -4.03. The molecule has 0 amide bonds. The first-order valence-corrected chi connectivity index (χ1v) is 24.4. The summed E-state index contributed by atoms with van der Waals surface area (Å²) in [5, 5.41) is 0. The third-order valence-corrected chi connectivity index (χ3v) is 13.5. The van der Waals surface area contributed by atoms with Crippen LogP contribution in [0.2, 0.25) is 0 Å². The van der Waals surface area contributed by atoms with Crippen molar-refractivity contribution in [2.45, 2.75) is 111 Å². The van der Waals surface area contributed by atoms with Crippen molar-refractivity contribution >= 4 is 35.6 Å². The number of aromatic nitrogens is 2. The lowest BCUT2D eigenvalue weighted by molar-refractivity contribution is -0.134. The quantitative estimate of drug-likeness (QED) is 0.0162. The number of nitrogens with one attached hydrogen (secondary N) is 1. The minimum Gasteiger partial charge on any atom is -0.434 e. The van der Waals surface area contributed by atoms with Crippen LogP contribution in [0.15, 0.2) is 76.5 Å². The molecule has 62 heavy (non-hydrogen) atoms. The number of phosphoric ester groups is 2. The van der Waals surface area contributed by atoms with Crippen LogP contribution >= 0.6 is 23.5 Å². The topological polar surface area (TPSA) is 264 Å². The maximum Gasteiger partial charge on any atom is 0.513 e. The van der Waals surface area contributed by atoms with Gasteiger partial charge >= 0.3 is 41.3 Å². The molecule has 3 aromatic rings. The molecule has 0 spiro atoms. The Bertz CT molecular complexity index is 2210. The highest BCUT2D eigenvalue weighted by Crippen LogP contribution is 2.69. The number of H-pyrrole nitrogens is 1. The summed E-state index contributed by atoms with van der Waals surface area (Å²) < 4.78 is 86.5. The Labute approximate surface area is 358 Å². The Morgan fingerprint density at radius 3 is 1.89 bits per heavy atom. The fourth-order valence-electron chi connectivity index (χ4n) is 5.58. The molecule has 0 fully saturated rings. The molecule has 3 N–H and O–H groups in total. The number of hydrogen-bond donors (Lipinski definition) is 3. The molecular weight excluding hydrogens is 877 g/mol. The summed E-state index contributed by atoms with van der Waals surface area (Å²) >= 11 is 0. The van der Waals surface area contributed by atoms with E-state index in [2.05, 4.69) is 16.2 Å². The van der Waals surface area contributed by atoms with E-state index in [9.17, 15) is 42.7 Å². The van der Waals surface area contributed by atoms with Crippen LogP contribution < -0.4 is 20.7 Å². The van der Waals surface area contributed by atoms with Gasteiger partial charge in [0.25, 0.3) is 5.56 Å². The van der Waals surface area contributed by atoms with Gasteiger partial charge in [0, 0.05) is 18.2 Å². The van der Waals surface area contributed by atoms with Crippen molar-refractivity contribution in [2.75, 3.05) is 13.2 Å². The first-order valence-electron chi connectivity index (χ1n) is 20.0. The van der Waals surface area contributed by atoms with E-state index in [0.717, 1.165) is 23.8 Å². The molecule has 0 aliphatic carbocycles. The summed E-state index contributed by atoms with van der Waals surface area (Å²) in [6.45, 7) is 3.60. The van der Waals surface area contributed by atoms with Crippen molar-refractivity contribution in [3.8, 4) is 11.5 Å². The number of nitrogens with zero attached hydrogens (tertiary/aromatic N) is 1. The third-order valence-electron chi connectivity index (χ3n) is 8.85. The molecule has 2 heterocycles. The second-order valence-corrected chi connectivity index (χ2v) is 18.8. The summed E-state index contributed by atoms with van der Waals surface area (Å²) in [7, 11) is -16.4. The van der Waals surface area contributed by atoms with Gasteiger partial charge < -0.3 is 28.7 Å². The van der Waals surface area contributed by atoms with Crippen molar-refractivity contribution in [2.24, 2.45) is 0 Å². The van der Waals surface area contributed by atoms with Crippen LogP contribution in [0.1, 0.15) is 101 Å². The second-order valence-electron chi connectivity index (χ2n) is 14.0. The predicted octanol–water partition coefficient (Wildman–Crippen LogP) is 8.45. The van der Waals surface area contributed by atoms with E-state index in [-0.39, 0.29) is 30.1 Å². The van der Waals surface area contributed by atoms with Gasteiger partial charge in [-0.3, -0.25) is 32.7 Å². The van der Waals surface area contributed by atoms with Crippen LogP contribution in [0.5, 0.6) is 11.5 Å². The number of ether oxygens (including phenoxy) is 4. The molecule has 2 aromatic carbocycles. The molecule has 1 aromatic heterocycles. The highest BCUT2D eigenvalue weighted by molar-refractivity contribution is 7.67. The number of hydrogen-bond acceptors (Lipinski definition) is 16. The number of unbranched alkanes of at least 4 members (excludes halogenated alkanes) is 8. The molecule has 3 unspecified atom stereocenters. The number of rotatable bonds is 27. The fourth-order valence-corrected chi connectivity index (χ4v) is 9.61. The largest absolute Gasteiger partial charge is 0.513 e. The number of benzene rings is 2. The van der Waals surface area contributed by atoms with Crippen LogP contribution in [0.25, 0.3) is 0 Å². The Morgan fingerprint density at radius 2 is 1.31 bits per heavy atom. The first-order chi connectivity index (χ1) is 29.5. The van der Waals surface area contributed by atoms with Crippen molar-refractivity contribution in [1.82, 2.24) is 9.55 Å². The van der Waals surface area contributed by atoms with Gasteiger partial charge in [0.05, 0.1) is 26.4 Å². The van der Waals surface area contributed by atoms with Gasteiger partial charge in [-0.15, -0.1) is 0 Å². The molecule has 1 aliphatic heterocycles. The van der Waals surface area contributed by atoms with Crippen molar-refractivity contribution in [3.63, 3.8) is 0 Å². The lowest BCUT2D eigenvalue weighted by Gasteiger charge is -2.22. The van der Waals surface area contributed by atoms with Crippen LogP contribution in [-0.2, 0) is 63.4 Å². The summed E-state index contributed by atoms with van der Waals surface area (Å²) in [4.78, 5) is 70.7. The smallest absolute Gasteiger partial charge is 0.434 e. The maximum atomic E-state index is 13.8. The summed E-state index contributed by atoms with van der Waals surface area (Å²) in [5.74, 6) is -0.157. The van der Waals surface area contributed by atoms with Gasteiger partial charge in [0.15, 0.2) is 6.23 Å². The Morgan fingerprint density at radius 1 is 0.742 bits per heavy atom. The SMILES string of the molecule is CCCCCCCCCCCOC(=O)Oc1ccc(COP(=O)(OCc2ccc(OC(=O)CC)cc2)OP(=O)(O)OP(=O)(O)OC[C@@H]2C=C[C@H](n3cc(C)c(=O)[nH]c3=O)O2)cc1. The van der Waals surface area contributed by atoms with Gasteiger partial charge in [-0.2, -0.15) is 8.62 Å². The monoisotopic (exact) mass is 930 g/mol. The second kappa shape index (κ2) is 24.7. The highest BCUT2D eigenvalue weighted by Gasteiger charge is 2.44. The molecule has 0 bridgehead atoms. The van der Waals surface area contributed by atoms with Gasteiger partial charge in [-0.1, -0.05) is 95.6 Å². The minimum absolute atomic E-state index is 0.121. The van der Waals surface area contributed by atoms with E-state index >= 15 is 0 Å². The molecule has 20 nitrogen and oxygen atoms in total. The lowest BCUT2D eigenvalue weighted by Crippen LogP contribution is -2.33. The molecule has 4 rings (SSSR count). The summed E-state index contributed by atoms with van der Waals surface area (Å²) in [6, 6.07) is 11.3. The fraction of sp³-hybridized carbons (Fsp3) is 0.487. The van der Waals surface area contributed by atoms with Gasteiger partial charge in [-0.25, -0.2) is 23.3 Å². The van der Waals surface area contributed by atoms with E-state index < -0.39 is 79.0 Å². The van der Waals surface area contributed by atoms with Crippen molar-refractivity contribution < 1.29 is 74.2 Å². The van der Waals surface area contributed by atoms with Crippen LogP contribution in [0, 0.1) is 6.92 Å². The van der Waals surface area contributed by atoms with Crippen molar-refractivity contribution in [3.05, 3.63) is 104 Å². The van der Waals surface area contributed by atoms with E-state index in [1.165, 1.54) is 106 Å². The van der Waals surface area contributed by atoms with Gasteiger partial charge in [0.2, 0.25) is 0 Å². The zero-order valence-electron chi connectivity index (χ0n) is 34.6. The van der Waals surface area contributed by atoms with Crippen LogP contribution in [0.4, 0.5) is 4.79 Å². The molecule has 0 radical (unpaired) electrons. The summed E-state index contributed by atoms with van der Waals surface area (Å²) in [5.41, 5.74) is -0.551. The molecule has 23 heteroatoms. The minimum atomic E-state index is -5.81. The van der Waals surface area contributed by atoms with E-state index in [1.54, 1.807) is 6.92 Å². The number of esters is 1. The zero-order chi connectivity index (χ0) is 45.2. The first kappa shape index (κ1) is 50.6. The molecule has 1 aliphatic rings. The number of aromatic amines is 1. The van der Waals surface area contributed by atoms with Crippen molar-refractivity contribution in [1.29, 1.82) is 0 Å². The Balaban J connectivity index is 1.32. The molecule has 0 saturated carbocycles. The average Bonchev–Trinajstić information content (AvgIpc) is 3.70. The van der Waals surface area contributed by atoms with E-state index in [0.29, 0.717) is 17.5 Å². The standard InChI is InChI=1S/C39H53N2O18P3/c1-4-6-7-8-9-10-11-12-13-24-51-39(45)57-33-20-16-31(17-21-33)27-54-62(50,53-26-30-14-18-32(19-15-30)56-36(42)5-2)59-61(48,49)58-60(46,47)52-28-34-22-23-35(55-34)41-25-29(3)37(43)40-38(41)44/h14-23,25,34-35H,4-13,24,26-28H2,1-3H3,(H,46,47)(H,48,49)(H,40,43,44)/t34-,35+,62?/m0/s1. The number of carbonyl (C=O) groups excluding carboxylic acids is 2. The van der Waals surface area contributed by atoms with E-state index in [1.807, 2.05) is 0 Å². The lowest BCUT2D eigenvalue weighted by atomic mass is 10.1. The summed E-state index contributed by atoms with van der Waals surface area (Å²) in [6.07, 6.45) is 11.2. The van der Waals surface area contributed by atoms with Gasteiger partial charge in [0.1, 0.15) is 17.6 Å². The number of phosphoric acid groups is 3. The molecular formula is C39H53N2O18P3. The molecule has 0 saturated heterocycles. The number of aryl methyl sites for hydroxylation is 1. The Kier molecular flexibility index (Phi) is 20.2. The number of carbonyl (C=O) groups is 2. The average molecular weight is 931 g/mol. The highest BCUT2D eigenvalue weighted by atomic mass is 31.3. The molecule has 5 atom stereocenters. The maximum absolute atomic E-state index is 13.8. The van der Waals surface area contributed by atoms with Crippen LogP contribution in [0.3, 0.4) is 0 Å². The van der Waals surface area contributed by atoms with E-state index in [4.69, 9.17) is 36.8 Å². The third kappa shape index (κ3) is 18.0. The van der Waals surface area contributed by atoms with Gasteiger partial charge in [-0.05, 0) is 54.8 Å². The zero-order valence-corrected chi connectivity index (χ0v) is 37.3. The normalized spacial score (nSPS) is 17.8. The molecule has 342 valence electrons. The van der Waals surface area contributed by atoms with Crippen LogP contribution in [-0.4, -0.2) is 50.8 Å².